The lowest BCUT2D eigenvalue weighted by atomic mass is 10.1. The van der Waals surface area contributed by atoms with Crippen LogP contribution in [0.15, 0.2) is 30.3 Å². The van der Waals surface area contributed by atoms with Crippen LogP contribution in [0.4, 0.5) is 25.1 Å². The Balaban J connectivity index is 1.31. The van der Waals surface area contributed by atoms with E-state index in [0.29, 0.717) is 26.3 Å². The summed E-state index contributed by atoms with van der Waals surface area (Å²) in [5.41, 5.74) is 7.95. The zero-order valence-corrected chi connectivity index (χ0v) is 15.7. The van der Waals surface area contributed by atoms with Gasteiger partial charge in [0, 0.05) is 11.6 Å². The molecule has 0 unspecified atom stereocenters. The molecule has 1 fully saturated rings. The molecule has 1 saturated heterocycles. The van der Waals surface area contributed by atoms with Crippen LogP contribution >= 0.6 is 0 Å². The monoisotopic (exact) mass is 413 g/mol. The number of pyridine rings is 1. The van der Waals surface area contributed by atoms with Crippen LogP contribution in [0, 0.1) is 11.6 Å². The number of anilines is 2. The molecule has 0 bridgehead atoms. The summed E-state index contributed by atoms with van der Waals surface area (Å²) < 4.78 is 32.4. The summed E-state index contributed by atoms with van der Waals surface area (Å²) in [6, 6.07) is 5.93. The number of benzene rings is 1. The van der Waals surface area contributed by atoms with Gasteiger partial charge >= 0.3 is 6.03 Å². The molecular formula is C19H17F2N7O2. The summed E-state index contributed by atoms with van der Waals surface area (Å²) in [6.07, 6.45) is 0. The number of nitrogen functional groups attached to an aromatic ring is 1. The molecular weight excluding hydrogens is 396 g/mol. The number of ether oxygens (including phenoxy) is 1. The van der Waals surface area contributed by atoms with Crippen LogP contribution in [0.3, 0.4) is 0 Å². The molecule has 154 valence electrons. The predicted octanol–water partition coefficient (Wildman–Crippen LogP) is 2.32. The predicted molar refractivity (Wildman–Crippen MR) is 102 cm³/mol. The lowest BCUT2D eigenvalue weighted by Crippen LogP contribution is -2.34. The van der Waals surface area contributed by atoms with Crippen LogP contribution < -0.4 is 11.1 Å². The highest BCUT2D eigenvalue weighted by molar-refractivity contribution is 5.92. The standard InChI is InChI=1S/C19H17F2N7O2/c20-10-1-2-12(13(21)5-10)15-4-3-14(22)18(23-15)24-19(29)27-6-16-17(7-27)26-28(25-16)11-8-30-9-11/h1-5,11H,6-9,22H2,(H,23,24,29). The van der Waals surface area contributed by atoms with E-state index < -0.39 is 17.7 Å². The number of halogens is 2. The van der Waals surface area contributed by atoms with Gasteiger partial charge in [0.15, 0.2) is 5.82 Å². The van der Waals surface area contributed by atoms with Crippen molar-refractivity contribution in [1.29, 1.82) is 0 Å². The minimum absolute atomic E-state index is 0.0930. The summed E-state index contributed by atoms with van der Waals surface area (Å²) in [5, 5.41) is 11.5. The number of nitrogens with zero attached hydrogens (tertiary/aromatic N) is 5. The Labute approximate surface area is 169 Å². The number of nitrogens with one attached hydrogen (secondary N) is 1. The first-order chi connectivity index (χ1) is 14.5. The van der Waals surface area contributed by atoms with Gasteiger partial charge in [-0.05, 0) is 24.3 Å². The van der Waals surface area contributed by atoms with E-state index in [1.165, 1.54) is 23.1 Å². The maximum atomic E-state index is 14.1. The Morgan fingerprint density at radius 3 is 2.50 bits per heavy atom. The molecule has 2 aromatic heterocycles. The number of fused-ring (bicyclic) bond motifs is 1. The fraction of sp³-hybridized carbons (Fsp3) is 0.263. The molecule has 2 amide bonds. The van der Waals surface area contributed by atoms with Crippen molar-refractivity contribution in [2.24, 2.45) is 0 Å². The van der Waals surface area contributed by atoms with Crippen LogP contribution in [-0.4, -0.2) is 44.1 Å². The summed E-state index contributed by atoms with van der Waals surface area (Å²) in [6.45, 7) is 1.79. The third-order valence-electron chi connectivity index (χ3n) is 5.05. The highest BCUT2D eigenvalue weighted by atomic mass is 19.1. The van der Waals surface area contributed by atoms with Gasteiger partial charge in [-0.15, -0.1) is 0 Å². The molecule has 4 heterocycles. The number of rotatable bonds is 3. The Bertz CT molecular complexity index is 1120. The summed E-state index contributed by atoms with van der Waals surface area (Å²) in [4.78, 5) is 20.1. The minimum atomic E-state index is -0.755. The lowest BCUT2D eigenvalue weighted by molar-refractivity contribution is -0.0353. The van der Waals surface area contributed by atoms with Crippen molar-refractivity contribution in [3.8, 4) is 11.3 Å². The van der Waals surface area contributed by atoms with Crippen molar-refractivity contribution >= 4 is 17.5 Å². The maximum absolute atomic E-state index is 14.1. The van der Waals surface area contributed by atoms with Gasteiger partial charge in [-0.1, -0.05) is 0 Å². The Morgan fingerprint density at radius 2 is 1.87 bits per heavy atom. The Kier molecular flexibility index (Phi) is 4.31. The van der Waals surface area contributed by atoms with Gasteiger partial charge in [-0.25, -0.2) is 18.6 Å². The van der Waals surface area contributed by atoms with Crippen molar-refractivity contribution in [2.45, 2.75) is 19.1 Å². The maximum Gasteiger partial charge on any atom is 0.323 e. The highest BCUT2D eigenvalue weighted by Crippen LogP contribution is 2.27. The van der Waals surface area contributed by atoms with E-state index in [-0.39, 0.29) is 28.8 Å². The summed E-state index contributed by atoms with van der Waals surface area (Å²) in [7, 11) is 0. The van der Waals surface area contributed by atoms with Gasteiger partial charge in [-0.2, -0.15) is 15.0 Å². The fourth-order valence-electron chi connectivity index (χ4n) is 3.31. The molecule has 5 rings (SSSR count). The topological polar surface area (TPSA) is 111 Å². The molecule has 2 aliphatic heterocycles. The molecule has 11 heteroatoms. The zero-order chi connectivity index (χ0) is 20.8. The number of amides is 2. The van der Waals surface area contributed by atoms with Crippen molar-refractivity contribution in [3.05, 3.63) is 53.4 Å². The number of hydrogen-bond acceptors (Lipinski definition) is 6. The van der Waals surface area contributed by atoms with Crippen LogP contribution in [0.1, 0.15) is 17.4 Å². The van der Waals surface area contributed by atoms with Crippen molar-refractivity contribution < 1.29 is 18.3 Å². The quantitative estimate of drug-likeness (QED) is 0.682. The largest absolute Gasteiger partial charge is 0.396 e. The fourth-order valence-corrected chi connectivity index (χ4v) is 3.31. The number of carbonyl (C=O) groups excluding carboxylic acids is 1. The second-order valence-corrected chi connectivity index (χ2v) is 7.15. The smallest absolute Gasteiger partial charge is 0.323 e. The number of urea groups is 1. The van der Waals surface area contributed by atoms with Gasteiger partial charge in [0.1, 0.15) is 29.1 Å². The van der Waals surface area contributed by atoms with Crippen LogP contribution in [0.2, 0.25) is 0 Å². The molecule has 1 aromatic carbocycles. The second kappa shape index (κ2) is 7.02. The van der Waals surface area contributed by atoms with Gasteiger partial charge < -0.3 is 15.4 Å². The molecule has 0 atom stereocenters. The summed E-state index contributed by atoms with van der Waals surface area (Å²) in [5.74, 6) is -1.35. The van der Waals surface area contributed by atoms with E-state index in [4.69, 9.17) is 10.5 Å². The minimum Gasteiger partial charge on any atom is -0.396 e. The molecule has 9 nitrogen and oxygen atoms in total. The molecule has 30 heavy (non-hydrogen) atoms. The first kappa shape index (κ1) is 18.4. The van der Waals surface area contributed by atoms with Crippen LogP contribution in [0.25, 0.3) is 11.3 Å². The van der Waals surface area contributed by atoms with E-state index in [1.807, 2.05) is 0 Å². The molecule has 0 aliphatic carbocycles. The number of nitrogens with two attached hydrogens (primary N) is 1. The van der Waals surface area contributed by atoms with Crippen molar-refractivity contribution in [3.63, 3.8) is 0 Å². The molecule has 2 aliphatic rings. The van der Waals surface area contributed by atoms with E-state index >= 15 is 0 Å². The van der Waals surface area contributed by atoms with E-state index in [9.17, 15) is 13.6 Å². The zero-order valence-electron chi connectivity index (χ0n) is 15.7. The average molecular weight is 413 g/mol. The van der Waals surface area contributed by atoms with Crippen LogP contribution in [-0.2, 0) is 17.8 Å². The number of aromatic nitrogens is 4. The Hall–Kier alpha value is -3.60. The summed E-state index contributed by atoms with van der Waals surface area (Å²) >= 11 is 0. The van der Waals surface area contributed by atoms with Gasteiger partial charge in [0.05, 0.1) is 37.7 Å². The SMILES string of the molecule is Nc1ccc(-c2ccc(F)cc2F)nc1NC(=O)N1Cc2nn(C3COC3)nc2C1. The molecule has 0 radical (unpaired) electrons. The van der Waals surface area contributed by atoms with Gasteiger partial charge in [0.25, 0.3) is 0 Å². The second-order valence-electron chi connectivity index (χ2n) is 7.15. The first-order valence-corrected chi connectivity index (χ1v) is 9.28. The first-order valence-electron chi connectivity index (χ1n) is 9.28. The third-order valence-corrected chi connectivity index (χ3v) is 5.05. The third kappa shape index (κ3) is 3.22. The van der Waals surface area contributed by atoms with Crippen molar-refractivity contribution in [1.82, 2.24) is 24.9 Å². The number of carbonyl (C=O) groups is 1. The molecule has 3 N–H and O–H groups in total. The van der Waals surface area contributed by atoms with E-state index in [1.54, 1.807) is 4.80 Å². The number of hydrogen-bond donors (Lipinski definition) is 2. The highest BCUT2D eigenvalue weighted by Gasteiger charge is 2.31. The average Bonchev–Trinajstić information content (AvgIpc) is 3.21. The van der Waals surface area contributed by atoms with Crippen LogP contribution in [0.5, 0.6) is 0 Å². The molecule has 0 saturated carbocycles. The molecule has 3 aromatic rings. The van der Waals surface area contributed by atoms with E-state index in [2.05, 4.69) is 20.5 Å². The lowest BCUT2D eigenvalue weighted by Gasteiger charge is -2.25. The van der Waals surface area contributed by atoms with Gasteiger partial charge in [-0.3, -0.25) is 5.32 Å². The van der Waals surface area contributed by atoms with Crippen molar-refractivity contribution in [2.75, 3.05) is 24.3 Å². The molecule has 0 spiro atoms. The normalized spacial score (nSPS) is 15.7. The van der Waals surface area contributed by atoms with E-state index in [0.717, 1.165) is 23.5 Å². The van der Waals surface area contributed by atoms with Gasteiger partial charge in [0.2, 0.25) is 0 Å². The Morgan fingerprint density at radius 1 is 1.13 bits per heavy atom.